The molecular weight excluding hydrogens is 306 g/mol. The summed E-state index contributed by atoms with van der Waals surface area (Å²) in [7, 11) is 0. The Labute approximate surface area is 140 Å². The van der Waals surface area contributed by atoms with Gasteiger partial charge >= 0.3 is 0 Å². The second kappa shape index (κ2) is 8.22. The Morgan fingerprint density at radius 3 is 2.12 bits per heavy atom. The summed E-state index contributed by atoms with van der Waals surface area (Å²) < 4.78 is 0. The van der Waals surface area contributed by atoms with Crippen LogP contribution in [0.3, 0.4) is 0 Å². The van der Waals surface area contributed by atoms with E-state index in [1.165, 1.54) is 12.4 Å². The van der Waals surface area contributed by atoms with Gasteiger partial charge in [-0.25, -0.2) is 5.48 Å². The first kappa shape index (κ1) is 17.6. The smallest absolute Gasteiger partial charge is 0.263 e. The van der Waals surface area contributed by atoms with E-state index in [9.17, 15) is 9.90 Å². The van der Waals surface area contributed by atoms with E-state index in [1.54, 1.807) is 12.1 Å². The standard InChI is InChI=1S/C18H19N3O3/c1-12(22)17(18(23)21-24)20-11-14-4-8-16(9-5-14)15-6-2-13(10-19)3-7-15/h2-9,12,17,20,22,24H,11H2,1H3,(H,21,23)/t12-,17+/m1/s1. The number of carbonyl (C=O) groups excluding carboxylic acids is 1. The van der Waals surface area contributed by atoms with Crippen molar-refractivity contribution in [1.82, 2.24) is 10.8 Å². The largest absolute Gasteiger partial charge is 0.391 e. The van der Waals surface area contributed by atoms with Gasteiger partial charge in [0.25, 0.3) is 5.91 Å². The summed E-state index contributed by atoms with van der Waals surface area (Å²) in [6.07, 6.45) is -0.935. The summed E-state index contributed by atoms with van der Waals surface area (Å²) in [5.74, 6) is -0.681. The molecule has 124 valence electrons. The maximum atomic E-state index is 11.5. The maximum Gasteiger partial charge on any atom is 0.263 e. The van der Waals surface area contributed by atoms with Crippen LogP contribution in [0.4, 0.5) is 0 Å². The van der Waals surface area contributed by atoms with E-state index in [0.29, 0.717) is 12.1 Å². The van der Waals surface area contributed by atoms with Crippen molar-refractivity contribution in [3.05, 3.63) is 59.7 Å². The van der Waals surface area contributed by atoms with Gasteiger partial charge in [-0.1, -0.05) is 36.4 Å². The molecule has 0 aliphatic heterocycles. The summed E-state index contributed by atoms with van der Waals surface area (Å²) in [6.45, 7) is 1.84. The highest BCUT2D eigenvalue weighted by Crippen LogP contribution is 2.20. The van der Waals surface area contributed by atoms with Crippen LogP contribution in [0.15, 0.2) is 48.5 Å². The van der Waals surface area contributed by atoms with Gasteiger partial charge in [-0.3, -0.25) is 15.3 Å². The molecule has 0 saturated carbocycles. The van der Waals surface area contributed by atoms with Crippen LogP contribution < -0.4 is 10.8 Å². The van der Waals surface area contributed by atoms with Crippen LogP contribution in [-0.4, -0.2) is 28.4 Å². The third kappa shape index (κ3) is 4.40. The summed E-state index contributed by atoms with van der Waals surface area (Å²) in [4.78, 5) is 11.5. The van der Waals surface area contributed by atoms with Gasteiger partial charge in [0.05, 0.1) is 17.7 Å². The highest BCUT2D eigenvalue weighted by molar-refractivity contribution is 5.81. The zero-order valence-electron chi connectivity index (χ0n) is 13.2. The van der Waals surface area contributed by atoms with Crippen LogP contribution in [0.2, 0.25) is 0 Å². The number of aliphatic hydroxyl groups is 1. The average molecular weight is 325 g/mol. The minimum absolute atomic E-state index is 0.372. The first-order valence-electron chi connectivity index (χ1n) is 7.50. The number of carbonyl (C=O) groups is 1. The molecule has 6 heteroatoms. The van der Waals surface area contributed by atoms with E-state index < -0.39 is 18.1 Å². The molecule has 0 heterocycles. The lowest BCUT2D eigenvalue weighted by Gasteiger charge is -2.19. The molecule has 0 aliphatic rings. The number of hydrogen-bond donors (Lipinski definition) is 4. The highest BCUT2D eigenvalue weighted by Gasteiger charge is 2.22. The Morgan fingerprint density at radius 2 is 1.67 bits per heavy atom. The van der Waals surface area contributed by atoms with Crippen LogP contribution in [0.1, 0.15) is 18.1 Å². The van der Waals surface area contributed by atoms with Crippen molar-refractivity contribution in [1.29, 1.82) is 5.26 Å². The van der Waals surface area contributed by atoms with Crippen molar-refractivity contribution in [3.63, 3.8) is 0 Å². The number of hydroxylamine groups is 1. The first-order valence-corrected chi connectivity index (χ1v) is 7.50. The fourth-order valence-corrected chi connectivity index (χ4v) is 2.33. The number of nitriles is 1. The van der Waals surface area contributed by atoms with Gasteiger partial charge in [0, 0.05) is 6.54 Å². The molecule has 4 N–H and O–H groups in total. The molecule has 0 radical (unpaired) electrons. The summed E-state index contributed by atoms with van der Waals surface area (Å²) in [6, 6.07) is 16.2. The Bertz CT molecular complexity index is 719. The third-order valence-corrected chi connectivity index (χ3v) is 3.70. The normalized spacial score (nSPS) is 12.9. The summed E-state index contributed by atoms with van der Waals surface area (Å²) in [5.41, 5.74) is 5.12. The molecule has 0 fully saturated rings. The van der Waals surface area contributed by atoms with Crippen molar-refractivity contribution in [2.75, 3.05) is 0 Å². The molecule has 0 spiro atoms. The Balaban J connectivity index is 2.03. The molecule has 1 amide bonds. The topological polar surface area (TPSA) is 105 Å². The van der Waals surface area contributed by atoms with Gasteiger partial charge < -0.3 is 5.11 Å². The molecule has 0 saturated heterocycles. The van der Waals surface area contributed by atoms with Crippen molar-refractivity contribution >= 4 is 5.91 Å². The van der Waals surface area contributed by atoms with Gasteiger partial charge in [0.15, 0.2) is 0 Å². The van der Waals surface area contributed by atoms with Crippen LogP contribution >= 0.6 is 0 Å². The van der Waals surface area contributed by atoms with Crippen LogP contribution in [0, 0.1) is 11.3 Å². The number of benzene rings is 2. The zero-order valence-corrected chi connectivity index (χ0v) is 13.2. The van der Waals surface area contributed by atoms with E-state index in [0.717, 1.165) is 16.7 Å². The highest BCUT2D eigenvalue weighted by atomic mass is 16.5. The number of hydrogen-bond acceptors (Lipinski definition) is 5. The van der Waals surface area contributed by atoms with E-state index in [2.05, 4.69) is 11.4 Å². The fraction of sp³-hybridized carbons (Fsp3) is 0.222. The van der Waals surface area contributed by atoms with Gasteiger partial charge in [-0.15, -0.1) is 0 Å². The minimum atomic E-state index is -0.935. The molecule has 0 aliphatic carbocycles. The van der Waals surface area contributed by atoms with E-state index in [4.69, 9.17) is 10.5 Å². The Hall–Kier alpha value is -2.72. The first-order chi connectivity index (χ1) is 11.5. The molecule has 0 bridgehead atoms. The van der Waals surface area contributed by atoms with Crippen molar-refractivity contribution in [2.24, 2.45) is 0 Å². The predicted molar refractivity (Wildman–Crippen MR) is 88.8 cm³/mol. The zero-order chi connectivity index (χ0) is 17.5. The predicted octanol–water partition coefficient (Wildman–Crippen LogP) is 1.57. The van der Waals surface area contributed by atoms with E-state index in [1.807, 2.05) is 36.4 Å². The number of amides is 1. The van der Waals surface area contributed by atoms with Gasteiger partial charge in [-0.05, 0) is 35.7 Å². The van der Waals surface area contributed by atoms with E-state index in [-0.39, 0.29) is 0 Å². The lowest BCUT2D eigenvalue weighted by atomic mass is 10.0. The molecule has 0 unspecified atom stereocenters. The Morgan fingerprint density at radius 1 is 1.12 bits per heavy atom. The SMILES string of the molecule is C[C@@H](O)[C@H](NCc1ccc(-c2ccc(C#N)cc2)cc1)C(=O)NO. The molecule has 2 atom stereocenters. The molecule has 6 nitrogen and oxygen atoms in total. The second-order valence-corrected chi connectivity index (χ2v) is 5.46. The number of rotatable bonds is 6. The van der Waals surface area contributed by atoms with Gasteiger partial charge in [0.2, 0.25) is 0 Å². The average Bonchev–Trinajstić information content (AvgIpc) is 2.62. The summed E-state index contributed by atoms with van der Waals surface area (Å²) >= 11 is 0. The lowest BCUT2D eigenvalue weighted by molar-refractivity contribution is -0.134. The van der Waals surface area contributed by atoms with E-state index >= 15 is 0 Å². The number of nitrogens with zero attached hydrogens (tertiary/aromatic N) is 1. The fourth-order valence-electron chi connectivity index (χ4n) is 2.33. The number of aliphatic hydroxyl groups excluding tert-OH is 1. The van der Waals surface area contributed by atoms with Crippen LogP contribution in [-0.2, 0) is 11.3 Å². The molecule has 0 aromatic heterocycles. The molecule has 2 aromatic carbocycles. The number of nitrogens with one attached hydrogen (secondary N) is 2. The monoisotopic (exact) mass is 325 g/mol. The van der Waals surface area contributed by atoms with Gasteiger partial charge in [0.1, 0.15) is 6.04 Å². The van der Waals surface area contributed by atoms with Crippen molar-refractivity contribution in [2.45, 2.75) is 25.6 Å². The minimum Gasteiger partial charge on any atom is -0.391 e. The Kier molecular flexibility index (Phi) is 6.04. The molecule has 24 heavy (non-hydrogen) atoms. The van der Waals surface area contributed by atoms with Gasteiger partial charge in [-0.2, -0.15) is 5.26 Å². The van der Waals surface area contributed by atoms with Crippen molar-refractivity contribution < 1.29 is 15.1 Å². The quantitative estimate of drug-likeness (QED) is 0.476. The molecule has 2 aromatic rings. The third-order valence-electron chi connectivity index (χ3n) is 3.70. The lowest BCUT2D eigenvalue weighted by Crippen LogP contribution is -2.49. The summed E-state index contributed by atoms with van der Waals surface area (Å²) in [5, 5.41) is 30.0. The second-order valence-electron chi connectivity index (χ2n) is 5.46. The van der Waals surface area contributed by atoms with Crippen LogP contribution in [0.5, 0.6) is 0 Å². The maximum absolute atomic E-state index is 11.5. The molecular formula is C18H19N3O3. The van der Waals surface area contributed by atoms with Crippen molar-refractivity contribution in [3.8, 4) is 17.2 Å². The van der Waals surface area contributed by atoms with Crippen LogP contribution in [0.25, 0.3) is 11.1 Å². The molecule has 2 rings (SSSR count).